The molecular formula is C22H19N3O4. The molecule has 2 fully saturated rings. The van der Waals surface area contributed by atoms with Crippen molar-refractivity contribution in [3.8, 4) is 22.8 Å². The Kier molecular flexibility index (Phi) is 3.41. The second-order valence-electron chi connectivity index (χ2n) is 8.00. The van der Waals surface area contributed by atoms with Gasteiger partial charge in [0.1, 0.15) is 0 Å². The van der Waals surface area contributed by atoms with Crippen LogP contribution in [0.3, 0.4) is 0 Å². The molecule has 6 rings (SSSR count). The lowest BCUT2D eigenvalue weighted by Crippen LogP contribution is -2.73. The predicted octanol–water partition coefficient (Wildman–Crippen LogP) is 3.03. The molecule has 0 atom stereocenters. The van der Waals surface area contributed by atoms with Gasteiger partial charge in [0.2, 0.25) is 6.79 Å². The summed E-state index contributed by atoms with van der Waals surface area (Å²) in [5, 5.41) is 3.99. The maximum atomic E-state index is 12.8. The summed E-state index contributed by atoms with van der Waals surface area (Å²) >= 11 is 0. The van der Waals surface area contributed by atoms with E-state index in [1.165, 1.54) is 5.69 Å². The molecule has 0 N–H and O–H groups in total. The molecule has 1 aromatic heterocycles. The van der Waals surface area contributed by atoms with Crippen molar-refractivity contribution >= 4 is 11.6 Å². The van der Waals surface area contributed by atoms with Crippen molar-refractivity contribution in [3.63, 3.8) is 0 Å². The van der Waals surface area contributed by atoms with Crippen molar-refractivity contribution < 1.29 is 18.8 Å². The second-order valence-corrected chi connectivity index (χ2v) is 8.00. The third kappa shape index (κ3) is 2.65. The molecule has 146 valence electrons. The summed E-state index contributed by atoms with van der Waals surface area (Å²) < 4.78 is 16.1. The van der Waals surface area contributed by atoms with Gasteiger partial charge in [-0.2, -0.15) is 0 Å². The third-order valence-corrected chi connectivity index (χ3v) is 5.90. The third-order valence-electron chi connectivity index (χ3n) is 5.90. The molecule has 3 aromatic rings. The quantitative estimate of drug-likeness (QED) is 0.686. The number of para-hydroxylation sites is 1. The monoisotopic (exact) mass is 389 g/mol. The van der Waals surface area contributed by atoms with Crippen molar-refractivity contribution in [3.05, 3.63) is 60.3 Å². The van der Waals surface area contributed by atoms with Gasteiger partial charge in [0, 0.05) is 48.9 Å². The van der Waals surface area contributed by atoms with Crippen LogP contribution in [0.15, 0.2) is 59.1 Å². The highest BCUT2D eigenvalue weighted by atomic mass is 16.7. The molecule has 0 saturated carbocycles. The first-order valence-corrected chi connectivity index (χ1v) is 9.65. The molecule has 0 unspecified atom stereocenters. The Balaban J connectivity index is 1.10. The molecule has 0 bridgehead atoms. The van der Waals surface area contributed by atoms with E-state index in [1.807, 2.05) is 29.2 Å². The molecule has 3 aliphatic rings. The van der Waals surface area contributed by atoms with Gasteiger partial charge >= 0.3 is 0 Å². The fourth-order valence-corrected chi connectivity index (χ4v) is 4.42. The van der Waals surface area contributed by atoms with Crippen LogP contribution < -0.4 is 14.4 Å². The van der Waals surface area contributed by atoms with E-state index in [4.69, 9.17) is 14.0 Å². The minimum absolute atomic E-state index is 0.0791. The van der Waals surface area contributed by atoms with Gasteiger partial charge in [0.15, 0.2) is 23.0 Å². The largest absolute Gasteiger partial charge is 0.454 e. The van der Waals surface area contributed by atoms with Crippen molar-refractivity contribution in [2.75, 3.05) is 37.9 Å². The minimum atomic E-state index is -0.0791. The lowest BCUT2D eigenvalue weighted by molar-refractivity contribution is -0.0111. The van der Waals surface area contributed by atoms with Crippen LogP contribution in [0, 0.1) is 5.41 Å². The normalized spacial score (nSPS) is 18.5. The van der Waals surface area contributed by atoms with Crippen LogP contribution >= 0.6 is 0 Å². The van der Waals surface area contributed by atoms with Crippen LogP contribution in [-0.4, -0.2) is 48.9 Å². The molecule has 2 saturated heterocycles. The minimum Gasteiger partial charge on any atom is -0.454 e. The van der Waals surface area contributed by atoms with E-state index in [9.17, 15) is 4.79 Å². The number of carbonyl (C=O) groups excluding carboxylic acids is 1. The van der Waals surface area contributed by atoms with E-state index < -0.39 is 0 Å². The van der Waals surface area contributed by atoms with Gasteiger partial charge in [0.25, 0.3) is 5.91 Å². The van der Waals surface area contributed by atoms with Gasteiger partial charge < -0.3 is 23.8 Å². The summed E-state index contributed by atoms with van der Waals surface area (Å²) in [7, 11) is 0. The van der Waals surface area contributed by atoms with Crippen LogP contribution in [0.2, 0.25) is 0 Å². The summed E-state index contributed by atoms with van der Waals surface area (Å²) in [6.45, 7) is 3.73. The molecule has 1 amide bonds. The van der Waals surface area contributed by atoms with Gasteiger partial charge in [-0.3, -0.25) is 4.79 Å². The van der Waals surface area contributed by atoms with Crippen molar-refractivity contribution in [1.82, 2.24) is 10.1 Å². The lowest BCUT2D eigenvalue weighted by Gasteiger charge is -2.60. The van der Waals surface area contributed by atoms with E-state index in [0.717, 1.165) is 31.7 Å². The van der Waals surface area contributed by atoms with Gasteiger partial charge in [-0.05, 0) is 30.3 Å². The molecule has 0 aliphatic carbocycles. The Hall–Kier alpha value is -3.48. The Morgan fingerprint density at radius 3 is 2.55 bits per heavy atom. The van der Waals surface area contributed by atoms with Crippen LogP contribution in [0.5, 0.6) is 11.5 Å². The van der Waals surface area contributed by atoms with Crippen LogP contribution in [-0.2, 0) is 0 Å². The number of fused-ring (bicyclic) bond motifs is 1. The van der Waals surface area contributed by atoms with E-state index in [2.05, 4.69) is 34.3 Å². The number of rotatable bonds is 3. The Labute approximate surface area is 167 Å². The lowest BCUT2D eigenvalue weighted by atomic mass is 9.72. The highest BCUT2D eigenvalue weighted by Gasteiger charge is 2.53. The van der Waals surface area contributed by atoms with Gasteiger partial charge in [-0.15, -0.1) is 0 Å². The smallest absolute Gasteiger partial charge is 0.276 e. The first-order valence-electron chi connectivity index (χ1n) is 9.65. The maximum Gasteiger partial charge on any atom is 0.276 e. The SMILES string of the molecule is O=C(c1cc(-c2ccc3c(c2)OCO3)on1)N1CC2(C1)CN(c1ccccc1)C2. The van der Waals surface area contributed by atoms with E-state index in [-0.39, 0.29) is 18.1 Å². The van der Waals surface area contributed by atoms with Gasteiger partial charge in [0.05, 0.1) is 0 Å². The topological polar surface area (TPSA) is 68.0 Å². The number of ether oxygens (including phenoxy) is 2. The van der Waals surface area contributed by atoms with E-state index in [1.54, 1.807) is 6.07 Å². The van der Waals surface area contributed by atoms with Crippen molar-refractivity contribution in [2.45, 2.75) is 0 Å². The van der Waals surface area contributed by atoms with E-state index >= 15 is 0 Å². The molecule has 7 heteroatoms. The predicted molar refractivity (Wildman–Crippen MR) is 105 cm³/mol. The summed E-state index contributed by atoms with van der Waals surface area (Å²) in [5.74, 6) is 1.84. The maximum absolute atomic E-state index is 12.8. The van der Waals surface area contributed by atoms with Crippen molar-refractivity contribution in [1.29, 1.82) is 0 Å². The number of anilines is 1. The number of nitrogens with zero attached hydrogens (tertiary/aromatic N) is 3. The molecule has 3 aliphatic heterocycles. The number of aromatic nitrogens is 1. The summed E-state index contributed by atoms with van der Waals surface area (Å²) in [6, 6.07) is 17.6. The molecule has 7 nitrogen and oxygen atoms in total. The number of hydrogen-bond donors (Lipinski definition) is 0. The first-order chi connectivity index (χ1) is 14.2. The molecule has 29 heavy (non-hydrogen) atoms. The van der Waals surface area contributed by atoms with Crippen LogP contribution in [0.1, 0.15) is 10.5 Å². The average Bonchev–Trinajstić information content (AvgIpc) is 3.35. The second kappa shape index (κ2) is 6.01. The number of likely N-dealkylation sites (tertiary alicyclic amines) is 1. The highest BCUT2D eigenvalue weighted by Crippen LogP contribution is 2.42. The van der Waals surface area contributed by atoms with E-state index in [0.29, 0.717) is 23.0 Å². The average molecular weight is 389 g/mol. The molecule has 0 radical (unpaired) electrons. The summed E-state index contributed by atoms with van der Waals surface area (Å²) in [6.07, 6.45) is 0. The molecule has 4 heterocycles. The van der Waals surface area contributed by atoms with Gasteiger partial charge in [-0.1, -0.05) is 23.4 Å². The fraction of sp³-hybridized carbons (Fsp3) is 0.273. The van der Waals surface area contributed by atoms with Crippen LogP contribution in [0.4, 0.5) is 5.69 Å². The summed E-state index contributed by atoms with van der Waals surface area (Å²) in [4.78, 5) is 17.0. The zero-order valence-corrected chi connectivity index (χ0v) is 15.7. The zero-order chi connectivity index (χ0) is 19.4. The van der Waals surface area contributed by atoms with Gasteiger partial charge in [-0.25, -0.2) is 0 Å². The number of carbonyl (C=O) groups is 1. The summed E-state index contributed by atoms with van der Waals surface area (Å²) in [5.41, 5.74) is 2.60. The Morgan fingerprint density at radius 1 is 0.931 bits per heavy atom. The van der Waals surface area contributed by atoms with Crippen LogP contribution in [0.25, 0.3) is 11.3 Å². The number of benzene rings is 2. The first kappa shape index (κ1) is 16.5. The molecule has 2 aromatic carbocycles. The number of amides is 1. The zero-order valence-electron chi connectivity index (χ0n) is 15.7. The standard InChI is InChI=1S/C22H19N3O4/c26-21(25-12-22(13-25)10-24(11-22)16-4-2-1-3-5-16)17-9-19(29-23-17)15-6-7-18-20(8-15)28-14-27-18/h1-9H,10-14H2. The Morgan fingerprint density at radius 2 is 1.72 bits per heavy atom. The molecule has 1 spiro atoms. The molecular weight excluding hydrogens is 370 g/mol. The highest BCUT2D eigenvalue weighted by molar-refractivity contribution is 5.94. The number of hydrogen-bond acceptors (Lipinski definition) is 6. The fourth-order valence-electron chi connectivity index (χ4n) is 4.42. The Bertz CT molecular complexity index is 1080. The van der Waals surface area contributed by atoms with Crippen molar-refractivity contribution in [2.24, 2.45) is 5.41 Å².